The van der Waals surface area contributed by atoms with E-state index in [9.17, 15) is 4.79 Å². The number of carbonyl (C=O) groups excluding carboxylic acids is 1. The molecule has 5 nitrogen and oxygen atoms in total. The van der Waals surface area contributed by atoms with Crippen molar-refractivity contribution < 1.29 is 14.3 Å². The Bertz CT molecular complexity index is 1020. The van der Waals surface area contributed by atoms with Gasteiger partial charge in [-0.2, -0.15) is 0 Å². The van der Waals surface area contributed by atoms with Crippen LogP contribution in [-0.4, -0.2) is 44.2 Å². The minimum absolute atomic E-state index is 0.0706. The van der Waals surface area contributed by atoms with E-state index in [-0.39, 0.29) is 11.9 Å². The van der Waals surface area contributed by atoms with Crippen LogP contribution in [0.4, 0.5) is 5.00 Å². The van der Waals surface area contributed by atoms with E-state index in [4.69, 9.17) is 9.47 Å². The molecule has 0 radical (unpaired) electrons. The Morgan fingerprint density at radius 1 is 1.06 bits per heavy atom. The van der Waals surface area contributed by atoms with Gasteiger partial charge in [-0.1, -0.05) is 30.3 Å². The number of ether oxygens (including phenoxy) is 2. The van der Waals surface area contributed by atoms with Crippen molar-refractivity contribution >= 4 is 22.2 Å². The van der Waals surface area contributed by atoms with Gasteiger partial charge in [0.15, 0.2) is 0 Å². The lowest BCUT2D eigenvalue weighted by atomic mass is 9.94. The van der Waals surface area contributed by atoms with Gasteiger partial charge in [0.05, 0.1) is 26.4 Å². The van der Waals surface area contributed by atoms with Gasteiger partial charge in [-0.15, -0.1) is 11.3 Å². The molecule has 162 valence electrons. The van der Waals surface area contributed by atoms with Crippen molar-refractivity contribution in [1.29, 1.82) is 0 Å². The van der Waals surface area contributed by atoms with Crippen molar-refractivity contribution in [2.45, 2.75) is 19.9 Å². The monoisotopic (exact) mass is 436 g/mol. The smallest absolute Gasteiger partial charge is 0.256 e. The van der Waals surface area contributed by atoms with Crippen LogP contribution in [0.1, 0.15) is 38.0 Å². The fraction of sp³-hybridized carbons (Fsp3) is 0.320. The van der Waals surface area contributed by atoms with Gasteiger partial charge < -0.3 is 14.8 Å². The zero-order chi connectivity index (χ0) is 21.8. The number of nitrogens with zero attached hydrogens (tertiary/aromatic N) is 1. The summed E-state index contributed by atoms with van der Waals surface area (Å²) < 4.78 is 10.8. The maximum absolute atomic E-state index is 13.0. The first-order valence-corrected chi connectivity index (χ1v) is 11.3. The number of aryl methyl sites for hydroxylation is 1. The molecule has 1 aliphatic rings. The van der Waals surface area contributed by atoms with E-state index < -0.39 is 0 Å². The normalized spacial score (nSPS) is 15.5. The van der Waals surface area contributed by atoms with E-state index in [1.165, 1.54) is 21.6 Å². The van der Waals surface area contributed by atoms with Crippen LogP contribution >= 0.6 is 11.3 Å². The molecule has 0 bridgehead atoms. The topological polar surface area (TPSA) is 50.8 Å². The van der Waals surface area contributed by atoms with E-state index in [0.29, 0.717) is 5.56 Å². The molecule has 2 aromatic carbocycles. The number of nitrogens with one attached hydrogen (secondary N) is 1. The summed E-state index contributed by atoms with van der Waals surface area (Å²) in [6, 6.07) is 17.8. The summed E-state index contributed by atoms with van der Waals surface area (Å²) in [6.45, 7) is 7.44. The zero-order valence-corrected chi connectivity index (χ0v) is 19.0. The van der Waals surface area contributed by atoms with Crippen LogP contribution in [0.5, 0.6) is 5.75 Å². The predicted molar refractivity (Wildman–Crippen MR) is 125 cm³/mol. The highest BCUT2D eigenvalue weighted by Crippen LogP contribution is 2.42. The molecule has 1 fully saturated rings. The first-order valence-electron chi connectivity index (χ1n) is 10.5. The number of carbonyl (C=O) groups is 1. The van der Waals surface area contributed by atoms with E-state index in [1.54, 1.807) is 42.7 Å². The van der Waals surface area contributed by atoms with Crippen molar-refractivity contribution in [3.05, 3.63) is 81.7 Å². The fourth-order valence-corrected chi connectivity index (χ4v) is 5.10. The summed E-state index contributed by atoms with van der Waals surface area (Å²) in [5, 5.41) is 4.11. The molecule has 1 N–H and O–H groups in total. The van der Waals surface area contributed by atoms with Crippen molar-refractivity contribution in [1.82, 2.24) is 4.90 Å². The molecule has 6 heteroatoms. The first kappa shape index (κ1) is 21.6. The molecule has 0 spiro atoms. The third kappa shape index (κ3) is 4.66. The number of hydrogen-bond donors (Lipinski definition) is 1. The first-order chi connectivity index (χ1) is 15.1. The average molecular weight is 437 g/mol. The van der Waals surface area contributed by atoms with Crippen molar-refractivity contribution in [2.24, 2.45) is 0 Å². The van der Waals surface area contributed by atoms with Crippen LogP contribution in [0.2, 0.25) is 0 Å². The molecule has 31 heavy (non-hydrogen) atoms. The Morgan fingerprint density at radius 3 is 2.39 bits per heavy atom. The van der Waals surface area contributed by atoms with Crippen LogP contribution in [0.3, 0.4) is 0 Å². The molecule has 3 aromatic rings. The van der Waals surface area contributed by atoms with Crippen LogP contribution < -0.4 is 10.1 Å². The highest BCUT2D eigenvalue weighted by molar-refractivity contribution is 7.16. The lowest BCUT2D eigenvalue weighted by Crippen LogP contribution is -2.39. The summed E-state index contributed by atoms with van der Waals surface area (Å²) in [6.07, 6.45) is 0. The quantitative estimate of drug-likeness (QED) is 0.588. The predicted octanol–water partition coefficient (Wildman–Crippen LogP) is 5.05. The van der Waals surface area contributed by atoms with Gasteiger partial charge in [0.1, 0.15) is 10.8 Å². The largest absolute Gasteiger partial charge is 0.497 e. The Kier molecular flexibility index (Phi) is 6.70. The number of amides is 1. The van der Waals surface area contributed by atoms with E-state index in [0.717, 1.165) is 37.1 Å². The molecule has 1 amide bonds. The molecule has 1 aromatic heterocycles. The molecule has 2 heterocycles. The molecule has 0 saturated carbocycles. The maximum Gasteiger partial charge on any atom is 0.256 e. The molecule has 1 aliphatic heterocycles. The Labute approximate surface area is 187 Å². The molecular weight excluding hydrogens is 408 g/mol. The second-order valence-electron chi connectivity index (χ2n) is 7.67. The average Bonchev–Trinajstić information content (AvgIpc) is 3.08. The summed E-state index contributed by atoms with van der Waals surface area (Å²) in [7, 11) is 1.62. The number of rotatable bonds is 6. The van der Waals surface area contributed by atoms with Gasteiger partial charge in [0.25, 0.3) is 5.91 Å². The number of methoxy groups -OCH3 is 1. The van der Waals surface area contributed by atoms with E-state index >= 15 is 0 Å². The van der Waals surface area contributed by atoms with Crippen molar-refractivity contribution in [2.75, 3.05) is 38.7 Å². The minimum atomic E-state index is -0.112. The molecule has 1 saturated heterocycles. The van der Waals surface area contributed by atoms with E-state index in [1.807, 2.05) is 6.07 Å². The van der Waals surface area contributed by atoms with Gasteiger partial charge in [0.2, 0.25) is 0 Å². The van der Waals surface area contributed by atoms with Gasteiger partial charge in [-0.3, -0.25) is 9.69 Å². The third-order valence-corrected chi connectivity index (χ3v) is 6.95. The highest BCUT2D eigenvalue weighted by atomic mass is 32.1. The Balaban J connectivity index is 1.71. The molecule has 1 atom stereocenters. The van der Waals surface area contributed by atoms with E-state index in [2.05, 4.69) is 48.3 Å². The second-order valence-corrected chi connectivity index (χ2v) is 8.89. The van der Waals surface area contributed by atoms with Crippen LogP contribution in [-0.2, 0) is 4.74 Å². The zero-order valence-electron chi connectivity index (χ0n) is 18.2. The summed E-state index contributed by atoms with van der Waals surface area (Å²) >= 11 is 1.64. The third-order valence-electron chi connectivity index (χ3n) is 5.81. The van der Waals surface area contributed by atoms with Crippen molar-refractivity contribution in [3.8, 4) is 5.75 Å². The molecule has 4 rings (SSSR count). The lowest BCUT2D eigenvalue weighted by Gasteiger charge is -2.35. The van der Waals surface area contributed by atoms with Gasteiger partial charge >= 0.3 is 0 Å². The maximum atomic E-state index is 13.0. The summed E-state index contributed by atoms with van der Waals surface area (Å²) in [5.74, 6) is 0.621. The van der Waals surface area contributed by atoms with Gasteiger partial charge in [-0.25, -0.2) is 0 Å². The number of thiophene rings is 1. The van der Waals surface area contributed by atoms with Crippen LogP contribution in [0.15, 0.2) is 54.6 Å². The Morgan fingerprint density at radius 2 is 1.74 bits per heavy atom. The molecule has 0 aliphatic carbocycles. The highest BCUT2D eigenvalue weighted by Gasteiger charge is 2.30. The Hall–Kier alpha value is -2.67. The van der Waals surface area contributed by atoms with Crippen LogP contribution in [0.25, 0.3) is 0 Å². The van der Waals surface area contributed by atoms with Crippen LogP contribution in [0, 0.1) is 13.8 Å². The second kappa shape index (κ2) is 9.64. The van der Waals surface area contributed by atoms with Crippen molar-refractivity contribution in [3.63, 3.8) is 0 Å². The van der Waals surface area contributed by atoms with Gasteiger partial charge in [0, 0.05) is 29.1 Å². The SMILES string of the molecule is COc1ccc(C(=O)Nc2sc(C)c(C)c2[C@@H](c2ccccc2)N2CCOCC2)cc1. The molecular formula is C25H28N2O3S. The number of anilines is 1. The number of benzene rings is 2. The minimum Gasteiger partial charge on any atom is -0.497 e. The van der Waals surface area contributed by atoms with Gasteiger partial charge in [-0.05, 0) is 49.2 Å². The molecule has 0 unspecified atom stereocenters. The number of hydrogen-bond acceptors (Lipinski definition) is 5. The fourth-order valence-electron chi connectivity index (χ4n) is 4.02. The number of morpholine rings is 1. The summed E-state index contributed by atoms with van der Waals surface area (Å²) in [5.41, 5.74) is 4.25. The lowest BCUT2D eigenvalue weighted by molar-refractivity contribution is 0.0240. The summed E-state index contributed by atoms with van der Waals surface area (Å²) in [4.78, 5) is 16.7. The standard InChI is InChI=1S/C25H28N2O3S/c1-17-18(2)31-25(26-24(28)20-9-11-21(29-3)12-10-20)22(17)23(19-7-5-4-6-8-19)27-13-15-30-16-14-27/h4-12,23H,13-16H2,1-3H3,(H,26,28)/t23-/m1/s1.